The molecule has 88 valence electrons. The molecule has 1 saturated heterocycles. The van der Waals surface area contributed by atoms with E-state index in [0.717, 1.165) is 17.6 Å². The van der Waals surface area contributed by atoms with Gasteiger partial charge in [-0.05, 0) is 43.0 Å². The molecule has 0 spiro atoms. The summed E-state index contributed by atoms with van der Waals surface area (Å²) in [5.74, 6) is 0.772. The highest BCUT2D eigenvalue weighted by Gasteiger charge is 2.27. The van der Waals surface area contributed by atoms with Crippen molar-refractivity contribution in [1.29, 1.82) is 0 Å². The van der Waals surface area contributed by atoms with Gasteiger partial charge in [-0.1, -0.05) is 26.0 Å². The van der Waals surface area contributed by atoms with Crippen molar-refractivity contribution in [3.05, 3.63) is 29.8 Å². The van der Waals surface area contributed by atoms with Gasteiger partial charge < -0.3 is 5.73 Å². The largest absolute Gasteiger partial charge is 0.399 e. The summed E-state index contributed by atoms with van der Waals surface area (Å²) in [5.41, 5.74) is 7.95. The Balaban J connectivity index is 1.88. The second-order valence-corrected chi connectivity index (χ2v) is 5.28. The minimum absolute atomic E-state index is 0.756. The third-order valence-corrected chi connectivity index (χ3v) is 3.32. The molecule has 1 aliphatic heterocycles. The number of nitrogens with zero attached hydrogens (tertiary/aromatic N) is 1. The van der Waals surface area contributed by atoms with Gasteiger partial charge in [0.2, 0.25) is 0 Å². The average Bonchev–Trinajstić information content (AvgIpc) is 2.23. The molecule has 1 aliphatic rings. The molecule has 0 bridgehead atoms. The van der Waals surface area contributed by atoms with Crippen LogP contribution < -0.4 is 5.73 Å². The normalized spacial score (nSPS) is 21.1. The topological polar surface area (TPSA) is 29.3 Å². The Labute approximate surface area is 98.4 Å². The van der Waals surface area contributed by atoms with Crippen LogP contribution in [0.4, 0.5) is 5.69 Å². The molecule has 2 nitrogen and oxygen atoms in total. The molecule has 1 fully saturated rings. The molecule has 2 N–H and O–H groups in total. The second kappa shape index (κ2) is 4.88. The Bertz CT molecular complexity index is 329. The van der Waals surface area contributed by atoms with Crippen LogP contribution in [-0.4, -0.2) is 24.0 Å². The molecule has 2 heteroatoms. The van der Waals surface area contributed by atoms with Crippen LogP contribution in [0.5, 0.6) is 0 Å². The minimum Gasteiger partial charge on any atom is -0.399 e. The van der Waals surface area contributed by atoms with Crippen molar-refractivity contribution in [3.63, 3.8) is 0 Å². The fourth-order valence-corrected chi connectivity index (χ4v) is 2.36. The first-order valence-corrected chi connectivity index (χ1v) is 6.23. The lowest BCUT2D eigenvalue weighted by molar-refractivity contribution is 0.0771. The lowest BCUT2D eigenvalue weighted by Crippen LogP contribution is -2.50. The molecule has 1 heterocycles. The van der Waals surface area contributed by atoms with Gasteiger partial charge in [0.05, 0.1) is 0 Å². The quantitative estimate of drug-likeness (QED) is 0.787. The Morgan fingerprint density at radius 2 is 2.00 bits per heavy atom. The van der Waals surface area contributed by atoms with Crippen LogP contribution in [0.1, 0.15) is 25.8 Å². The summed E-state index contributed by atoms with van der Waals surface area (Å²) in [7, 11) is 0. The Morgan fingerprint density at radius 3 is 2.50 bits per heavy atom. The van der Waals surface area contributed by atoms with E-state index in [1.807, 2.05) is 12.1 Å². The fraction of sp³-hybridized carbons (Fsp3) is 0.571. The van der Waals surface area contributed by atoms with Crippen LogP contribution in [0.2, 0.25) is 0 Å². The summed E-state index contributed by atoms with van der Waals surface area (Å²) < 4.78 is 0. The van der Waals surface area contributed by atoms with Crippen LogP contribution in [0.15, 0.2) is 24.3 Å². The molecule has 0 unspecified atom stereocenters. The summed E-state index contributed by atoms with van der Waals surface area (Å²) in [4.78, 5) is 2.60. The molecule has 16 heavy (non-hydrogen) atoms. The van der Waals surface area contributed by atoms with Crippen molar-refractivity contribution in [1.82, 2.24) is 4.90 Å². The summed E-state index contributed by atoms with van der Waals surface area (Å²) >= 11 is 0. The molecule has 1 aromatic carbocycles. The van der Waals surface area contributed by atoms with E-state index in [0.29, 0.717) is 0 Å². The fourth-order valence-electron chi connectivity index (χ4n) is 2.36. The van der Waals surface area contributed by atoms with Crippen LogP contribution in [-0.2, 0) is 6.42 Å². The number of nitrogens with two attached hydrogens (primary N) is 1. The maximum Gasteiger partial charge on any atom is 0.0314 e. The highest BCUT2D eigenvalue weighted by atomic mass is 15.2. The van der Waals surface area contributed by atoms with E-state index in [9.17, 15) is 0 Å². The van der Waals surface area contributed by atoms with E-state index in [4.69, 9.17) is 5.73 Å². The van der Waals surface area contributed by atoms with E-state index >= 15 is 0 Å². The zero-order chi connectivity index (χ0) is 11.5. The lowest BCUT2D eigenvalue weighted by atomic mass is 9.94. The van der Waals surface area contributed by atoms with Crippen molar-refractivity contribution >= 4 is 5.69 Å². The third-order valence-electron chi connectivity index (χ3n) is 3.32. The Morgan fingerprint density at radius 1 is 1.31 bits per heavy atom. The standard InChI is InChI=1S/C14H22N2/c1-11(2)10-16-8-7-14(16)9-12-3-5-13(15)6-4-12/h3-6,11,14H,7-10,15H2,1-2H3/t14-/m0/s1. The number of rotatable bonds is 4. The maximum atomic E-state index is 5.69. The van der Waals surface area contributed by atoms with Crippen LogP contribution >= 0.6 is 0 Å². The van der Waals surface area contributed by atoms with Gasteiger partial charge in [0.25, 0.3) is 0 Å². The second-order valence-electron chi connectivity index (χ2n) is 5.28. The lowest BCUT2D eigenvalue weighted by Gasteiger charge is -2.42. The zero-order valence-electron chi connectivity index (χ0n) is 10.3. The first-order chi connectivity index (χ1) is 7.65. The van der Waals surface area contributed by atoms with Crippen LogP contribution in [0.3, 0.4) is 0 Å². The highest BCUT2D eigenvalue weighted by molar-refractivity contribution is 5.39. The van der Waals surface area contributed by atoms with Gasteiger partial charge in [0, 0.05) is 18.3 Å². The first-order valence-electron chi connectivity index (χ1n) is 6.23. The van der Waals surface area contributed by atoms with Gasteiger partial charge in [-0.3, -0.25) is 4.90 Å². The number of likely N-dealkylation sites (tertiary alicyclic amines) is 1. The van der Waals surface area contributed by atoms with Gasteiger partial charge in [0.15, 0.2) is 0 Å². The molecule has 1 aromatic rings. The van der Waals surface area contributed by atoms with E-state index in [1.54, 1.807) is 0 Å². The van der Waals surface area contributed by atoms with Gasteiger partial charge in [-0.25, -0.2) is 0 Å². The van der Waals surface area contributed by atoms with Gasteiger partial charge in [-0.15, -0.1) is 0 Å². The highest BCUT2D eigenvalue weighted by Crippen LogP contribution is 2.23. The summed E-state index contributed by atoms with van der Waals surface area (Å²) in [6.45, 7) is 7.09. The molecule has 0 aliphatic carbocycles. The molecular formula is C14H22N2. The maximum absolute atomic E-state index is 5.69. The predicted molar refractivity (Wildman–Crippen MR) is 69.4 cm³/mol. The average molecular weight is 218 g/mol. The predicted octanol–water partition coefficient (Wildman–Crippen LogP) is 2.54. The molecule has 1 atom stereocenters. The van der Waals surface area contributed by atoms with Gasteiger partial charge >= 0.3 is 0 Å². The van der Waals surface area contributed by atoms with Crippen molar-refractivity contribution in [2.24, 2.45) is 5.92 Å². The number of anilines is 1. The molecule has 0 amide bonds. The number of benzene rings is 1. The van der Waals surface area contributed by atoms with Crippen LogP contribution in [0.25, 0.3) is 0 Å². The van der Waals surface area contributed by atoms with E-state index in [-0.39, 0.29) is 0 Å². The van der Waals surface area contributed by atoms with Crippen molar-refractivity contribution in [2.75, 3.05) is 18.8 Å². The first kappa shape index (κ1) is 11.5. The Hall–Kier alpha value is -1.02. The van der Waals surface area contributed by atoms with E-state index in [1.165, 1.54) is 31.5 Å². The monoisotopic (exact) mass is 218 g/mol. The van der Waals surface area contributed by atoms with E-state index < -0.39 is 0 Å². The third kappa shape index (κ3) is 2.76. The molecular weight excluding hydrogens is 196 g/mol. The van der Waals surface area contributed by atoms with Gasteiger partial charge in [-0.2, -0.15) is 0 Å². The van der Waals surface area contributed by atoms with Crippen molar-refractivity contribution in [3.8, 4) is 0 Å². The summed E-state index contributed by atoms with van der Waals surface area (Å²) in [5, 5.41) is 0. The summed E-state index contributed by atoms with van der Waals surface area (Å²) in [6.07, 6.45) is 2.52. The summed E-state index contributed by atoms with van der Waals surface area (Å²) in [6, 6.07) is 9.07. The van der Waals surface area contributed by atoms with E-state index in [2.05, 4.69) is 30.9 Å². The molecule has 2 rings (SSSR count). The Kier molecular flexibility index (Phi) is 3.49. The van der Waals surface area contributed by atoms with Crippen molar-refractivity contribution < 1.29 is 0 Å². The number of hydrogen-bond acceptors (Lipinski definition) is 2. The van der Waals surface area contributed by atoms with Gasteiger partial charge in [0.1, 0.15) is 0 Å². The zero-order valence-corrected chi connectivity index (χ0v) is 10.3. The number of nitrogen functional groups attached to an aromatic ring is 1. The van der Waals surface area contributed by atoms with Crippen molar-refractivity contribution in [2.45, 2.75) is 32.7 Å². The molecule has 0 saturated carbocycles. The molecule has 0 radical (unpaired) electrons. The minimum atomic E-state index is 0.756. The molecule has 0 aromatic heterocycles. The van der Waals surface area contributed by atoms with Crippen LogP contribution in [0, 0.1) is 5.92 Å². The number of hydrogen-bond donors (Lipinski definition) is 1. The SMILES string of the molecule is CC(C)CN1CC[C@H]1Cc1ccc(N)cc1. The smallest absolute Gasteiger partial charge is 0.0314 e.